The third-order valence-electron chi connectivity index (χ3n) is 5.28. The number of sulfonamides is 1. The zero-order valence-corrected chi connectivity index (χ0v) is 18.6. The zero-order valence-electron chi connectivity index (χ0n) is 17.0. The van der Waals surface area contributed by atoms with E-state index >= 15 is 0 Å². The Balaban J connectivity index is 1.50. The minimum absolute atomic E-state index is 0.132. The molecule has 2 aromatic rings. The summed E-state index contributed by atoms with van der Waals surface area (Å²) in [5.74, 6) is 0.631. The number of carbonyl (C=O) groups is 1. The van der Waals surface area contributed by atoms with Gasteiger partial charge in [-0.3, -0.25) is 9.10 Å². The molecule has 158 valence electrons. The van der Waals surface area contributed by atoms with E-state index in [9.17, 15) is 13.2 Å². The van der Waals surface area contributed by atoms with Gasteiger partial charge in [-0.2, -0.15) is 0 Å². The Hall–Kier alpha value is -1.90. The van der Waals surface area contributed by atoms with E-state index in [1.807, 2.05) is 0 Å². The van der Waals surface area contributed by atoms with E-state index in [-0.39, 0.29) is 5.91 Å². The van der Waals surface area contributed by atoms with Gasteiger partial charge in [-0.05, 0) is 74.0 Å². The number of piperidine rings is 1. The van der Waals surface area contributed by atoms with Gasteiger partial charge in [0.05, 0.1) is 5.69 Å². The Morgan fingerprint density at radius 3 is 2.69 bits per heavy atom. The van der Waals surface area contributed by atoms with Crippen LogP contribution in [0.3, 0.4) is 0 Å². The van der Waals surface area contributed by atoms with Gasteiger partial charge in [0.1, 0.15) is 4.21 Å². The quantitative estimate of drug-likeness (QED) is 0.645. The standard InChI is InChI=1S/C21H29N3O3S2/c1-17-6-3-13-24(16-17)14-5-12-22-21(25)18-8-10-19(11-9-18)23(2)29(26,27)20-7-4-15-28-20/h4,7-11,15,17H,3,5-6,12-14,16H2,1-2H3,(H,22,25)/t17-/m1/s1. The molecule has 1 amide bonds. The molecule has 2 heterocycles. The lowest BCUT2D eigenvalue weighted by Gasteiger charge is -2.30. The Bertz CT molecular complexity index is 896. The molecule has 1 aliphatic rings. The molecule has 1 aliphatic heterocycles. The van der Waals surface area contributed by atoms with Crippen molar-refractivity contribution in [2.75, 3.05) is 37.5 Å². The van der Waals surface area contributed by atoms with Crippen LogP contribution < -0.4 is 9.62 Å². The molecule has 3 rings (SSSR count). The highest BCUT2D eigenvalue weighted by Crippen LogP contribution is 2.25. The predicted molar refractivity (Wildman–Crippen MR) is 118 cm³/mol. The van der Waals surface area contributed by atoms with Crippen LogP contribution in [0.1, 0.15) is 36.5 Å². The lowest BCUT2D eigenvalue weighted by molar-refractivity contribution is 0.0950. The summed E-state index contributed by atoms with van der Waals surface area (Å²) in [6.07, 6.45) is 3.50. The number of nitrogens with one attached hydrogen (secondary N) is 1. The average Bonchev–Trinajstić information content (AvgIpc) is 3.26. The average molecular weight is 436 g/mol. The molecule has 0 unspecified atom stereocenters. The SMILES string of the molecule is C[C@@H]1CCCN(CCCNC(=O)c2ccc(N(C)S(=O)(=O)c3cccs3)cc2)C1. The van der Waals surface area contributed by atoms with Gasteiger partial charge in [-0.1, -0.05) is 13.0 Å². The first kappa shape index (κ1) is 21.8. The van der Waals surface area contributed by atoms with E-state index in [2.05, 4.69) is 17.1 Å². The van der Waals surface area contributed by atoms with Gasteiger partial charge >= 0.3 is 0 Å². The molecule has 0 spiro atoms. The number of amides is 1. The predicted octanol–water partition coefficient (Wildman–Crippen LogP) is 3.43. The molecular weight excluding hydrogens is 406 g/mol. The minimum Gasteiger partial charge on any atom is -0.352 e. The summed E-state index contributed by atoms with van der Waals surface area (Å²) in [7, 11) is -2.05. The van der Waals surface area contributed by atoms with Crippen molar-refractivity contribution in [3.63, 3.8) is 0 Å². The lowest BCUT2D eigenvalue weighted by atomic mass is 10.0. The smallest absolute Gasteiger partial charge is 0.273 e. The van der Waals surface area contributed by atoms with E-state index < -0.39 is 10.0 Å². The maximum absolute atomic E-state index is 12.6. The van der Waals surface area contributed by atoms with Gasteiger partial charge in [0.25, 0.3) is 15.9 Å². The fraction of sp³-hybridized carbons (Fsp3) is 0.476. The fourth-order valence-corrected chi connectivity index (χ4v) is 5.96. The molecule has 1 N–H and O–H groups in total. The van der Waals surface area contributed by atoms with Gasteiger partial charge in [0.15, 0.2) is 0 Å². The van der Waals surface area contributed by atoms with E-state index in [0.29, 0.717) is 22.0 Å². The largest absolute Gasteiger partial charge is 0.352 e. The van der Waals surface area contributed by atoms with E-state index in [4.69, 9.17) is 0 Å². The van der Waals surface area contributed by atoms with Gasteiger partial charge in [0.2, 0.25) is 0 Å². The number of anilines is 1. The van der Waals surface area contributed by atoms with Crippen molar-refractivity contribution in [3.8, 4) is 0 Å². The number of nitrogens with zero attached hydrogens (tertiary/aromatic N) is 2. The fourth-order valence-electron chi connectivity index (χ4n) is 3.60. The Labute approximate surface area is 177 Å². The highest BCUT2D eigenvalue weighted by atomic mass is 32.2. The number of carbonyl (C=O) groups excluding carboxylic acids is 1. The molecular formula is C21H29N3O3S2. The third kappa shape index (κ3) is 5.58. The van der Waals surface area contributed by atoms with Crippen molar-refractivity contribution < 1.29 is 13.2 Å². The molecule has 1 atom stereocenters. The Morgan fingerprint density at radius 1 is 1.28 bits per heavy atom. The van der Waals surface area contributed by atoms with E-state index in [0.717, 1.165) is 32.0 Å². The van der Waals surface area contributed by atoms with Crippen molar-refractivity contribution in [1.82, 2.24) is 10.2 Å². The van der Waals surface area contributed by atoms with Crippen molar-refractivity contribution >= 4 is 33.0 Å². The minimum atomic E-state index is -3.57. The van der Waals surface area contributed by atoms with Crippen molar-refractivity contribution in [1.29, 1.82) is 0 Å². The van der Waals surface area contributed by atoms with Crippen LogP contribution in [0, 0.1) is 5.92 Å². The Morgan fingerprint density at radius 2 is 2.03 bits per heavy atom. The first-order valence-electron chi connectivity index (χ1n) is 10.0. The van der Waals surface area contributed by atoms with Crippen molar-refractivity contribution in [2.24, 2.45) is 5.92 Å². The maximum Gasteiger partial charge on any atom is 0.273 e. The van der Waals surface area contributed by atoms with Gasteiger partial charge in [-0.15, -0.1) is 11.3 Å². The monoisotopic (exact) mass is 435 g/mol. The molecule has 0 radical (unpaired) electrons. The number of likely N-dealkylation sites (tertiary alicyclic amines) is 1. The number of hydrogen-bond donors (Lipinski definition) is 1. The van der Waals surface area contributed by atoms with E-state index in [1.54, 1.807) is 41.8 Å². The van der Waals surface area contributed by atoms with Crippen LogP contribution in [0.25, 0.3) is 0 Å². The molecule has 1 aromatic heterocycles. The summed E-state index contributed by atoms with van der Waals surface area (Å²) in [4.78, 5) is 14.8. The molecule has 1 aromatic carbocycles. The number of hydrogen-bond acceptors (Lipinski definition) is 5. The second-order valence-corrected chi connectivity index (χ2v) is 10.8. The van der Waals surface area contributed by atoms with Gasteiger partial charge < -0.3 is 10.2 Å². The highest BCUT2D eigenvalue weighted by molar-refractivity contribution is 7.94. The molecule has 29 heavy (non-hydrogen) atoms. The van der Waals surface area contributed by atoms with Gasteiger partial charge in [0, 0.05) is 25.7 Å². The lowest BCUT2D eigenvalue weighted by Crippen LogP contribution is -2.36. The van der Waals surface area contributed by atoms with Crippen LogP contribution >= 0.6 is 11.3 Å². The van der Waals surface area contributed by atoms with Crippen LogP contribution in [0.2, 0.25) is 0 Å². The summed E-state index contributed by atoms with van der Waals surface area (Å²) in [6, 6.07) is 9.95. The molecule has 0 aliphatic carbocycles. The number of thiophene rings is 1. The highest BCUT2D eigenvalue weighted by Gasteiger charge is 2.22. The topological polar surface area (TPSA) is 69.7 Å². The summed E-state index contributed by atoms with van der Waals surface area (Å²) in [6.45, 7) is 6.24. The van der Waals surface area contributed by atoms with Crippen LogP contribution in [-0.4, -0.2) is 52.5 Å². The van der Waals surface area contributed by atoms with E-state index in [1.165, 1.54) is 35.5 Å². The molecule has 0 saturated carbocycles. The van der Waals surface area contributed by atoms with Crippen molar-refractivity contribution in [3.05, 3.63) is 47.3 Å². The number of rotatable bonds is 8. The van der Waals surface area contributed by atoms with Crippen LogP contribution in [-0.2, 0) is 10.0 Å². The summed E-state index contributed by atoms with van der Waals surface area (Å²) in [5.41, 5.74) is 1.05. The molecule has 1 saturated heterocycles. The Kier molecular flexibility index (Phi) is 7.32. The summed E-state index contributed by atoms with van der Waals surface area (Å²) in [5, 5.41) is 4.69. The normalized spacial score (nSPS) is 17.8. The third-order valence-corrected chi connectivity index (χ3v) is 8.44. The zero-order chi connectivity index (χ0) is 20.9. The summed E-state index contributed by atoms with van der Waals surface area (Å²) >= 11 is 1.19. The molecule has 0 bridgehead atoms. The molecule has 8 heteroatoms. The second kappa shape index (κ2) is 9.73. The summed E-state index contributed by atoms with van der Waals surface area (Å²) < 4.78 is 26.7. The number of benzene rings is 1. The molecule has 6 nitrogen and oxygen atoms in total. The maximum atomic E-state index is 12.6. The van der Waals surface area contributed by atoms with Crippen LogP contribution in [0.15, 0.2) is 46.0 Å². The molecule has 1 fully saturated rings. The second-order valence-electron chi connectivity index (χ2n) is 7.61. The van der Waals surface area contributed by atoms with Crippen LogP contribution in [0.4, 0.5) is 5.69 Å². The first-order chi connectivity index (χ1) is 13.9. The van der Waals surface area contributed by atoms with Crippen LogP contribution in [0.5, 0.6) is 0 Å². The van der Waals surface area contributed by atoms with Gasteiger partial charge in [-0.25, -0.2) is 8.42 Å². The first-order valence-corrected chi connectivity index (χ1v) is 12.3. The van der Waals surface area contributed by atoms with Crippen molar-refractivity contribution in [2.45, 2.75) is 30.4 Å².